The number of hydrogen-bond donors (Lipinski definition) is 1. The zero-order valence-electron chi connectivity index (χ0n) is 22.9. The fraction of sp³-hybridized carbons (Fsp3) is 0.310. The summed E-state index contributed by atoms with van der Waals surface area (Å²) in [6.45, 7) is 1.84. The third-order valence-electron chi connectivity index (χ3n) is 6.94. The minimum Gasteiger partial charge on any atom is -0.495 e. The fourth-order valence-electron chi connectivity index (χ4n) is 4.93. The van der Waals surface area contributed by atoms with E-state index in [9.17, 15) is 9.59 Å². The van der Waals surface area contributed by atoms with Crippen molar-refractivity contribution in [2.75, 3.05) is 47.9 Å². The minimum atomic E-state index is -0.846. The fourth-order valence-corrected chi connectivity index (χ4v) is 5.08. The maximum Gasteiger partial charge on any atom is 0.254 e. The number of carbonyl (C=O) groups is 2. The highest BCUT2D eigenvalue weighted by atomic mass is 35.5. The van der Waals surface area contributed by atoms with Crippen LogP contribution >= 0.6 is 11.6 Å². The second kappa shape index (κ2) is 11.3. The van der Waals surface area contributed by atoms with E-state index in [2.05, 4.69) is 5.32 Å². The third kappa shape index (κ3) is 5.02. The molecule has 3 aromatic rings. The van der Waals surface area contributed by atoms with E-state index in [0.29, 0.717) is 56.1 Å². The number of nitrogens with one attached hydrogen (secondary N) is 1. The highest BCUT2D eigenvalue weighted by molar-refractivity contribution is 6.31. The molecule has 0 bridgehead atoms. The predicted octanol–water partition coefficient (Wildman–Crippen LogP) is 5.24. The van der Waals surface area contributed by atoms with E-state index in [1.807, 2.05) is 13.0 Å². The number of ether oxygens (including phenoxy) is 5. The summed E-state index contributed by atoms with van der Waals surface area (Å²) in [5, 5.41) is 3.52. The lowest BCUT2D eigenvalue weighted by atomic mass is 9.79. The van der Waals surface area contributed by atoms with Gasteiger partial charge in [-0.05, 0) is 53.9 Å². The van der Waals surface area contributed by atoms with E-state index >= 15 is 0 Å². The lowest BCUT2D eigenvalue weighted by Gasteiger charge is -2.40. The van der Waals surface area contributed by atoms with Gasteiger partial charge in [-0.15, -0.1) is 0 Å². The molecule has 1 aliphatic rings. The lowest BCUT2D eigenvalue weighted by molar-refractivity contribution is -0.119. The number of benzene rings is 3. The molecule has 2 amide bonds. The van der Waals surface area contributed by atoms with Crippen LogP contribution in [-0.4, -0.2) is 59.3 Å². The SMILES string of the molecule is COc1cc(Cl)c(C)cc1NC(=O)[C@H]1c2cc(OC)c(OC)cc2C(=O)N(C)[C@@H]1c1ccc(OC)c(OC)c1. The molecule has 1 heterocycles. The molecule has 39 heavy (non-hydrogen) atoms. The van der Waals surface area contributed by atoms with Crippen LogP contribution in [-0.2, 0) is 4.79 Å². The molecule has 0 spiro atoms. The van der Waals surface area contributed by atoms with Gasteiger partial charge in [-0.25, -0.2) is 0 Å². The lowest BCUT2D eigenvalue weighted by Crippen LogP contribution is -2.44. The van der Waals surface area contributed by atoms with Crippen LogP contribution in [0, 0.1) is 6.92 Å². The summed E-state index contributed by atoms with van der Waals surface area (Å²) in [6.07, 6.45) is 0. The van der Waals surface area contributed by atoms with Crippen molar-refractivity contribution in [2.24, 2.45) is 0 Å². The molecule has 206 valence electrons. The highest BCUT2D eigenvalue weighted by Gasteiger charge is 2.44. The first-order valence-electron chi connectivity index (χ1n) is 12.1. The molecule has 1 aliphatic heterocycles. The van der Waals surface area contributed by atoms with Crippen molar-refractivity contribution in [3.05, 3.63) is 69.7 Å². The Morgan fingerprint density at radius 3 is 2.03 bits per heavy atom. The second-order valence-corrected chi connectivity index (χ2v) is 9.45. The van der Waals surface area contributed by atoms with E-state index in [1.54, 1.807) is 55.5 Å². The van der Waals surface area contributed by atoms with E-state index < -0.39 is 12.0 Å². The number of likely N-dealkylation sites (N-methyl/N-ethyl adjacent to an activating group) is 1. The molecular weight excluding hydrogens is 524 g/mol. The summed E-state index contributed by atoms with van der Waals surface area (Å²) in [6, 6.07) is 11.3. The Kier molecular flexibility index (Phi) is 8.11. The smallest absolute Gasteiger partial charge is 0.254 e. The Hall–Kier alpha value is -4.11. The Bertz CT molecular complexity index is 1430. The molecule has 2 atom stereocenters. The van der Waals surface area contributed by atoms with Crippen molar-refractivity contribution < 1.29 is 33.3 Å². The van der Waals surface area contributed by atoms with Crippen LogP contribution in [0.2, 0.25) is 5.02 Å². The predicted molar refractivity (Wildman–Crippen MR) is 148 cm³/mol. The van der Waals surface area contributed by atoms with Crippen molar-refractivity contribution in [3.8, 4) is 28.7 Å². The topological polar surface area (TPSA) is 95.6 Å². The van der Waals surface area contributed by atoms with E-state index in [4.69, 9.17) is 35.3 Å². The number of amides is 2. The van der Waals surface area contributed by atoms with Crippen LogP contribution in [0.4, 0.5) is 5.69 Å². The van der Waals surface area contributed by atoms with Gasteiger partial charge >= 0.3 is 0 Å². The maximum absolute atomic E-state index is 14.2. The first-order chi connectivity index (χ1) is 18.7. The quantitative estimate of drug-likeness (QED) is 0.407. The van der Waals surface area contributed by atoms with Crippen LogP contribution in [0.25, 0.3) is 0 Å². The summed E-state index contributed by atoms with van der Waals surface area (Å²) >= 11 is 6.29. The number of aryl methyl sites for hydroxylation is 1. The van der Waals surface area contributed by atoms with Gasteiger partial charge < -0.3 is 33.9 Å². The van der Waals surface area contributed by atoms with Crippen LogP contribution in [0.3, 0.4) is 0 Å². The highest BCUT2D eigenvalue weighted by Crippen LogP contribution is 2.47. The number of halogens is 1. The first-order valence-corrected chi connectivity index (χ1v) is 12.5. The average molecular weight is 555 g/mol. The Morgan fingerprint density at radius 2 is 1.41 bits per heavy atom. The normalized spacial score (nSPS) is 16.3. The van der Waals surface area contributed by atoms with Gasteiger partial charge in [0.2, 0.25) is 5.91 Å². The Morgan fingerprint density at radius 1 is 0.821 bits per heavy atom. The molecule has 10 heteroatoms. The minimum absolute atomic E-state index is 0.269. The van der Waals surface area contributed by atoms with Gasteiger partial charge in [0.1, 0.15) is 5.75 Å². The van der Waals surface area contributed by atoms with Crippen LogP contribution in [0.5, 0.6) is 28.7 Å². The van der Waals surface area contributed by atoms with Crippen molar-refractivity contribution >= 4 is 29.1 Å². The number of nitrogens with zero attached hydrogens (tertiary/aromatic N) is 1. The maximum atomic E-state index is 14.2. The molecule has 9 nitrogen and oxygen atoms in total. The van der Waals surface area contributed by atoms with Crippen molar-refractivity contribution in [1.29, 1.82) is 0 Å². The molecule has 0 aliphatic carbocycles. The summed E-state index contributed by atoms with van der Waals surface area (Å²) in [5.41, 5.74) is 2.75. The van der Waals surface area contributed by atoms with Crippen molar-refractivity contribution in [3.63, 3.8) is 0 Å². The Balaban J connectivity index is 1.92. The second-order valence-electron chi connectivity index (χ2n) is 9.04. The number of methoxy groups -OCH3 is 5. The standard InChI is InChI=1S/C29H31ClN2O7/c1-15-10-20(22(36-4)14-19(15)30)31-28(33)26-17-12-24(38-6)25(39-7)13-18(17)29(34)32(2)27(26)16-8-9-21(35-3)23(11-16)37-5/h8-14,26-27H,1-7H3,(H,31,33)/t26-,27+/m0/s1. The molecular formula is C29H31ClN2O7. The molecule has 1 N–H and O–H groups in total. The number of rotatable bonds is 8. The molecule has 0 aromatic heterocycles. The summed E-state index contributed by atoms with van der Waals surface area (Å²) in [7, 11) is 9.24. The summed E-state index contributed by atoms with van der Waals surface area (Å²) < 4.78 is 27.4. The van der Waals surface area contributed by atoms with Crippen molar-refractivity contribution in [1.82, 2.24) is 4.90 Å². The molecule has 0 radical (unpaired) electrons. The Labute approximate surface area is 232 Å². The summed E-state index contributed by atoms with van der Waals surface area (Å²) in [4.78, 5) is 29.4. The van der Waals surface area contributed by atoms with Crippen LogP contribution < -0.4 is 29.0 Å². The van der Waals surface area contributed by atoms with Gasteiger partial charge in [0.25, 0.3) is 5.91 Å². The summed E-state index contributed by atoms with van der Waals surface area (Å²) in [5.74, 6) is 0.727. The van der Waals surface area contributed by atoms with E-state index in [0.717, 1.165) is 5.56 Å². The van der Waals surface area contributed by atoms with Crippen LogP contribution in [0.1, 0.15) is 39.0 Å². The third-order valence-corrected chi connectivity index (χ3v) is 7.35. The van der Waals surface area contributed by atoms with Gasteiger partial charge in [0.05, 0.1) is 53.2 Å². The number of carbonyl (C=O) groups excluding carboxylic acids is 2. The first kappa shape index (κ1) is 27.9. The van der Waals surface area contributed by atoms with E-state index in [1.165, 1.54) is 28.4 Å². The molecule has 0 saturated heterocycles. The molecule has 0 fully saturated rings. The zero-order chi connectivity index (χ0) is 28.4. The number of fused-ring (bicyclic) bond motifs is 1. The van der Waals surface area contributed by atoms with Gasteiger partial charge in [0.15, 0.2) is 23.0 Å². The van der Waals surface area contributed by atoms with Gasteiger partial charge in [-0.1, -0.05) is 17.7 Å². The number of hydrogen-bond acceptors (Lipinski definition) is 7. The monoisotopic (exact) mass is 554 g/mol. The van der Waals surface area contributed by atoms with Crippen LogP contribution in [0.15, 0.2) is 42.5 Å². The van der Waals surface area contributed by atoms with Gasteiger partial charge in [-0.3, -0.25) is 9.59 Å². The number of anilines is 1. The molecule has 3 aromatic carbocycles. The van der Waals surface area contributed by atoms with Crippen molar-refractivity contribution in [2.45, 2.75) is 18.9 Å². The average Bonchev–Trinajstić information content (AvgIpc) is 2.95. The van der Waals surface area contributed by atoms with Gasteiger partial charge in [0, 0.05) is 23.7 Å². The largest absolute Gasteiger partial charge is 0.495 e. The zero-order valence-corrected chi connectivity index (χ0v) is 23.6. The van der Waals surface area contributed by atoms with Gasteiger partial charge in [-0.2, -0.15) is 0 Å². The van der Waals surface area contributed by atoms with E-state index in [-0.39, 0.29) is 11.8 Å². The molecule has 0 saturated carbocycles. The molecule has 4 rings (SSSR count). The molecule has 0 unspecified atom stereocenters.